The summed E-state index contributed by atoms with van der Waals surface area (Å²) >= 11 is 0. The summed E-state index contributed by atoms with van der Waals surface area (Å²) in [6, 6.07) is 5.48. The second kappa shape index (κ2) is 5.39. The fourth-order valence-corrected chi connectivity index (χ4v) is 1.74. The van der Waals surface area contributed by atoms with Crippen LogP contribution in [0.5, 0.6) is 5.88 Å². The molecule has 1 aromatic heterocycles. The van der Waals surface area contributed by atoms with Gasteiger partial charge in [-0.1, -0.05) is 12.1 Å². The summed E-state index contributed by atoms with van der Waals surface area (Å²) in [4.78, 5) is 14.0. The monoisotopic (exact) mass is 298 g/mol. The maximum absolute atomic E-state index is 12.5. The Balaban J connectivity index is 2.43. The van der Waals surface area contributed by atoms with Gasteiger partial charge in [0.15, 0.2) is 0 Å². The minimum Gasteiger partial charge on any atom is -0.476 e. The van der Waals surface area contributed by atoms with E-state index in [1.54, 1.807) is 0 Å². The molecule has 0 saturated heterocycles. The first-order chi connectivity index (χ1) is 9.82. The van der Waals surface area contributed by atoms with Crippen LogP contribution in [-0.4, -0.2) is 17.0 Å². The van der Waals surface area contributed by atoms with Gasteiger partial charge in [0.25, 0.3) is 5.88 Å². The maximum atomic E-state index is 12.5. The van der Waals surface area contributed by atoms with Crippen molar-refractivity contribution >= 4 is 5.69 Å². The van der Waals surface area contributed by atoms with Gasteiger partial charge in [0.1, 0.15) is 0 Å². The zero-order valence-electron chi connectivity index (χ0n) is 10.7. The molecule has 0 amide bonds. The lowest BCUT2D eigenvalue weighted by Gasteiger charge is -2.08. The van der Waals surface area contributed by atoms with Crippen molar-refractivity contribution in [3.05, 3.63) is 52.2 Å². The summed E-state index contributed by atoms with van der Waals surface area (Å²) < 4.78 is 42.2. The summed E-state index contributed by atoms with van der Waals surface area (Å²) in [7, 11) is 1.24. The quantitative estimate of drug-likeness (QED) is 0.640. The van der Waals surface area contributed by atoms with E-state index in [2.05, 4.69) is 4.98 Å². The van der Waals surface area contributed by atoms with Gasteiger partial charge in [0, 0.05) is 17.8 Å². The molecule has 8 heteroatoms. The minimum atomic E-state index is -4.43. The van der Waals surface area contributed by atoms with Crippen molar-refractivity contribution in [2.75, 3.05) is 7.11 Å². The number of hydrogen-bond donors (Lipinski definition) is 0. The van der Waals surface area contributed by atoms with Crippen LogP contribution in [0.4, 0.5) is 18.9 Å². The van der Waals surface area contributed by atoms with Crippen molar-refractivity contribution in [2.24, 2.45) is 0 Å². The largest absolute Gasteiger partial charge is 0.476 e. The molecule has 0 aliphatic carbocycles. The van der Waals surface area contributed by atoms with Gasteiger partial charge in [-0.2, -0.15) is 13.2 Å². The van der Waals surface area contributed by atoms with Gasteiger partial charge in [-0.3, -0.25) is 10.1 Å². The normalized spacial score (nSPS) is 11.2. The molecule has 0 aliphatic heterocycles. The Morgan fingerprint density at radius 1 is 1.19 bits per heavy atom. The van der Waals surface area contributed by atoms with Gasteiger partial charge >= 0.3 is 11.9 Å². The second-order valence-corrected chi connectivity index (χ2v) is 4.08. The van der Waals surface area contributed by atoms with Crippen LogP contribution in [0.15, 0.2) is 36.5 Å². The molecule has 0 N–H and O–H groups in total. The van der Waals surface area contributed by atoms with Crippen molar-refractivity contribution in [3.63, 3.8) is 0 Å². The second-order valence-electron chi connectivity index (χ2n) is 4.08. The van der Waals surface area contributed by atoms with E-state index in [-0.39, 0.29) is 11.6 Å². The van der Waals surface area contributed by atoms with Crippen molar-refractivity contribution in [2.45, 2.75) is 6.18 Å². The first-order valence-electron chi connectivity index (χ1n) is 5.69. The average Bonchev–Trinajstić information content (AvgIpc) is 2.45. The fraction of sp³-hybridized carbons (Fsp3) is 0.154. The van der Waals surface area contributed by atoms with Gasteiger partial charge in [-0.05, 0) is 17.7 Å². The zero-order valence-corrected chi connectivity index (χ0v) is 10.7. The molecule has 0 fully saturated rings. The van der Waals surface area contributed by atoms with Crippen LogP contribution < -0.4 is 4.74 Å². The predicted molar refractivity (Wildman–Crippen MR) is 67.9 cm³/mol. The smallest absolute Gasteiger partial charge is 0.416 e. The summed E-state index contributed by atoms with van der Waals surface area (Å²) in [6.45, 7) is 0. The molecule has 2 aromatic rings. The van der Waals surface area contributed by atoms with Crippen molar-refractivity contribution < 1.29 is 22.8 Å². The Hall–Kier alpha value is -2.64. The van der Waals surface area contributed by atoms with E-state index < -0.39 is 16.7 Å². The molecule has 1 heterocycles. The van der Waals surface area contributed by atoms with Crippen LogP contribution in [-0.2, 0) is 6.18 Å². The summed E-state index contributed by atoms with van der Waals surface area (Å²) in [5.74, 6) is -0.157. The van der Waals surface area contributed by atoms with Crippen molar-refractivity contribution in [1.29, 1.82) is 0 Å². The molecule has 21 heavy (non-hydrogen) atoms. The lowest BCUT2D eigenvalue weighted by atomic mass is 10.1. The highest BCUT2D eigenvalue weighted by Crippen LogP contribution is 2.33. The fourth-order valence-electron chi connectivity index (χ4n) is 1.74. The van der Waals surface area contributed by atoms with Crippen LogP contribution in [0, 0.1) is 10.1 Å². The van der Waals surface area contributed by atoms with E-state index in [0.717, 1.165) is 12.1 Å². The van der Waals surface area contributed by atoms with Crippen molar-refractivity contribution in [1.82, 2.24) is 4.98 Å². The van der Waals surface area contributed by atoms with E-state index in [1.165, 1.54) is 31.5 Å². The first kappa shape index (κ1) is 14.8. The number of nitrogens with zero attached hydrogens (tertiary/aromatic N) is 2. The van der Waals surface area contributed by atoms with Gasteiger partial charge in [0.2, 0.25) is 0 Å². The van der Waals surface area contributed by atoms with Crippen LogP contribution >= 0.6 is 0 Å². The number of pyridine rings is 1. The molecule has 5 nitrogen and oxygen atoms in total. The molecule has 1 aromatic carbocycles. The number of methoxy groups -OCH3 is 1. The number of alkyl halides is 3. The van der Waals surface area contributed by atoms with Crippen LogP contribution in [0.3, 0.4) is 0 Å². The number of nitro groups is 1. The van der Waals surface area contributed by atoms with Crippen molar-refractivity contribution in [3.8, 4) is 17.0 Å². The molecule has 0 saturated carbocycles. The van der Waals surface area contributed by atoms with Crippen LogP contribution in [0.2, 0.25) is 0 Å². The number of ether oxygens (including phenoxy) is 1. The summed E-state index contributed by atoms with van der Waals surface area (Å²) in [6.07, 6.45) is -3.13. The van der Waals surface area contributed by atoms with E-state index in [4.69, 9.17) is 4.74 Å². The van der Waals surface area contributed by atoms with E-state index in [1.807, 2.05) is 0 Å². The van der Waals surface area contributed by atoms with E-state index >= 15 is 0 Å². The van der Waals surface area contributed by atoms with Gasteiger partial charge < -0.3 is 4.74 Å². The van der Waals surface area contributed by atoms with Gasteiger partial charge in [-0.25, -0.2) is 4.98 Å². The number of halogens is 3. The molecule has 0 aliphatic rings. The molecular weight excluding hydrogens is 289 g/mol. The Labute approximate surface area is 117 Å². The Morgan fingerprint density at radius 2 is 1.81 bits per heavy atom. The molecule has 0 radical (unpaired) electrons. The SMILES string of the molecule is COc1ncc(-c2ccc(C(F)(F)F)cc2)cc1[N+](=O)[O-]. The topological polar surface area (TPSA) is 65.3 Å². The third-order valence-electron chi connectivity index (χ3n) is 2.77. The zero-order chi connectivity index (χ0) is 15.6. The number of aromatic nitrogens is 1. The minimum absolute atomic E-state index is 0.157. The molecule has 0 unspecified atom stereocenters. The molecule has 0 bridgehead atoms. The molecular formula is C13H9F3N2O3. The third kappa shape index (κ3) is 3.10. The van der Waals surface area contributed by atoms with Crippen LogP contribution in [0.1, 0.15) is 5.56 Å². The molecule has 0 spiro atoms. The first-order valence-corrected chi connectivity index (χ1v) is 5.69. The summed E-state index contributed by atoms with van der Waals surface area (Å²) in [5.41, 5.74) is -0.422. The lowest BCUT2D eigenvalue weighted by Crippen LogP contribution is -2.04. The lowest BCUT2D eigenvalue weighted by molar-refractivity contribution is -0.386. The third-order valence-corrected chi connectivity index (χ3v) is 2.77. The van der Waals surface area contributed by atoms with E-state index in [9.17, 15) is 23.3 Å². The standard InChI is InChI=1S/C13H9F3N2O3/c1-21-12-11(18(19)20)6-9(7-17-12)8-2-4-10(5-3-8)13(14,15)16/h2-7H,1H3. The van der Waals surface area contributed by atoms with Crippen LogP contribution in [0.25, 0.3) is 11.1 Å². The maximum Gasteiger partial charge on any atom is 0.416 e. The molecule has 110 valence electrons. The number of rotatable bonds is 3. The number of hydrogen-bond acceptors (Lipinski definition) is 4. The Kier molecular flexibility index (Phi) is 3.79. The summed E-state index contributed by atoms with van der Waals surface area (Å²) in [5, 5.41) is 10.9. The molecule has 0 atom stereocenters. The van der Waals surface area contributed by atoms with Gasteiger partial charge in [-0.15, -0.1) is 0 Å². The highest BCUT2D eigenvalue weighted by Gasteiger charge is 2.30. The molecule has 2 rings (SSSR count). The Bertz CT molecular complexity index is 669. The van der Waals surface area contributed by atoms with E-state index in [0.29, 0.717) is 11.1 Å². The number of benzene rings is 1. The van der Waals surface area contributed by atoms with Gasteiger partial charge in [0.05, 0.1) is 17.6 Å². The average molecular weight is 298 g/mol. The predicted octanol–water partition coefficient (Wildman–Crippen LogP) is 3.68. The highest BCUT2D eigenvalue weighted by atomic mass is 19.4. The highest BCUT2D eigenvalue weighted by molar-refractivity contribution is 5.67. The Morgan fingerprint density at radius 3 is 2.29 bits per heavy atom.